The highest BCUT2D eigenvalue weighted by Crippen LogP contribution is 2.30. The van der Waals surface area contributed by atoms with Crippen molar-refractivity contribution in [1.29, 1.82) is 0 Å². The van der Waals surface area contributed by atoms with Crippen LogP contribution in [0.4, 0.5) is 5.69 Å². The molecule has 2 nitrogen and oxygen atoms in total. The van der Waals surface area contributed by atoms with Crippen LogP contribution in [0, 0.1) is 0 Å². The van der Waals surface area contributed by atoms with Gasteiger partial charge in [0.15, 0.2) is 0 Å². The molecule has 1 heterocycles. The minimum Gasteiger partial charge on any atom is -0.399 e. The van der Waals surface area contributed by atoms with Crippen molar-refractivity contribution in [2.75, 3.05) is 24.6 Å². The molecule has 94 valence electrons. The zero-order chi connectivity index (χ0) is 12.5. The van der Waals surface area contributed by atoms with Gasteiger partial charge in [0.1, 0.15) is 0 Å². The minimum atomic E-state index is 0.371. The molecule has 1 aliphatic heterocycles. The molecule has 1 fully saturated rings. The number of thioether (sulfide) groups is 1. The third-order valence-electron chi connectivity index (χ3n) is 2.89. The number of rotatable bonds is 2. The van der Waals surface area contributed by atoms with E-state index in [0.29, 0.717) is 4.75 Å². The van der Waals surface area contributed by atoms with Crippen molar-refractivity contribution in [1.82, 2.24) is 4.90 Å². The van der Waals surface area contributed by atoms with Crippen LogP contribution in [0.3, 0.4) is 0 Å². The molecule has 0 radical (unpaired) electrons. The predicted octanol–water partition coefficient (Wildman–Crippen LogP) is 3.36. The van der Waals surface area contributed by atoms with Crippen LogP contribution in [0.5, 0.6) is 0 Å². The summed E-state index contributed by atoms with van der Waals surface area (Å²) in [5.74, 6) is 1.22. The van der Waals surface area contributed by atoms with Crippen molar-refractivity contribution >= 4 is 33.4 Å². The van der Waals surface area contributed by atoms with E-state index in [4.69, 9.17) is 5.73 Å². The largest absolute Gasteiger partial charge is 0.399 e. The van der Waals surface area contributed by atoms with E-state index in [1.54, 1.807) is 0 Å². The number of nitrogens with zero attached hydrogens (tertiary/aromatic N) is 1. The van der Waals surface area contributed by atoms with Gasteiger partial charge in [0.05, 0.1) is 0 Å². The Morgan fingerprint density at radius 1 is 1.41 bits per heavy atom. The van der Waals surface area contributed by atoms with E-state index in [-0.39, 0.29) is 0 Å². The molecular weight excluding hydrogens is 296 g/mol. The van der Waals surface area contributed by atoms with E-state index in [1.165, 1.54) is 17.9 Å². The van der Waals surface area contributed by atoms with Crippen LogP contribution < -0.4 is 5.73 Å². The van der Waals surface area contributed by atoms with E-state index in [1.807, 2.05) is 6.07 Å². The third kappa shape index (κ3) is 3.90. The van der Waals surface area contributed by atoms with E-state index in [9.17, 15) is 0 Å². The van der Waals surface area contributed by atoms with Crippen molar-refractivity contribution in [3.63, 3.8) is 0 Å². The third-order valence-corrected chi connectivity index (χ3v) is 4.65. The Kier molecular flexibility index (Phi) is 4.06. The van der Waals surface area contributed by atoms with Crippen LogP contribution >= 0.6 is 27.7 Å². The van der Waals surface area contributed by atoms with Crippen molar-refractivity contribution in [2.24, 2.45) is 0 Å². The van der Waals surface area contributed by atoms with E-state index in [0.717, 1.165) is 23.2 Å². The number of halogens is 1. The molecule has 2 rings (SSSR count). The fourth-order valence-corrected chi connectivity index (χ4v) is 4.01. The van der Waals surface area contributed by atoms with Crippen molar-refractivity contribution in [2.45, 2.75) is 25.1 Å². The van der Waals surface area contributed by atoms with Gasteiger partial charge >= 0.3 is 0 Å². The summed E-state index contributed by atoms with van der Waals surface area (Å²) in [4.78, 5) is 2.51. The first-order valence-corrected chi connectivity index (χ1v) is 7.64. The molecule has 1 saturated heterocycles. The van der Waals surface area contributed by atoms with Gasteiger partial charge in [0, 0.05) is 40.3 Å². The molecule has 0 aromatic heterocycles. The van der Waals surface area contributed by atoms with Gasteiger partial charge in [-0.15, -0.1) is 0 Å². The molecule has 0 atom stereocenters. The SMILES string of the molecule is CC1(C)CN(Cc2cc(N)cc(Br)c2)CCS1. The average molecular weight is 315 g/mol. The summed E-state index contributed by atoms with van der Waals surface area (Å²) in [7, 11) is 0. The maximum atomic E-state index is 5.87. The summed E-state index contributed by atoms with van der Waals surface area (Å²) >= 11 is 5.56. The van der Waals surface area contributed by atoms with Crippen molar-refractivity contribution in [3.8, 4) is 0 Å². The standard InChI is InChI=1S/C13H19BrN2S/c1-13(2)9-16(3-4-17-13)8-10-5-11(14)7-12(15)6-10/h5-7H,3-4,8-9,15H2,1-2H3. The quantitative estimate of drug-likeness (QED) is 0.849. The summed E-state index contributed by atoms with van der Waals surface area (Å²) < 4.78 is 1.44. The van der Waals surface area contributed by atoms with E-state index in [2.05, 4.69) is 58.6 Å². The lowest BCUT2D eigenvalue weighted by molar-refractivity contribution is 0.252. The summed E-state index contributed by atoms with van der Waals surface area (Å²) in [6, 6.07) is 6.17. The highest BCUT2D eigenvalue weighted by atomic mass is 79.9. The van der Waals surface area contributed by atoms with Crippen molar-refractivity contribution < 1.29 is 0 Å². The molecule has 0 saturated carbocycles. The Morgan fingerprint density at radius 2 is 2.18 bits per heavy atom. The summed E-state index contributed by atoms with van der Waals surface area (Å²) in [5.41, 5.74) is 7.99. The van der Waals surface area contributed by atoms with E-state index >= 15 is 0 Å². The van der Waals surface area contributed by atoms with Gasteiger partial charge in [0.25, 0.3) is 0 Å². The molecule has 1 aromatic carbocycles. The average Bonchev–Trinajstić information content (AvgIpc) is 2.13. The molecule has 2 N–H and O–H groups in total. The number of hydrogen-bond acceptors (Lipinski definition) is 3. The van der Waals surface area contributed by atoms with Gasteiger partial charge in [-0.3, -0.25) is 4.90 Å². The highest BCUT2D eigenvalue weighted by molar-refractivity contribution is 9.10. The minimum absolute atomic E-state index is 0.371. The predicted molar refractivity (Wildman–Crippen MR) is 80.4 cm³/mol. The molecule has 0 bridgehead atoms. The van der Waals surface area contributed by atoms with Gasteiger partial charge in [-0.25, -0.2) is 0 Å². The van der Waals surface area contributed by atoms with Crippen LogP contribution in [0.1, 0.15) is 19.4 Å². The summed E-state index contributed by atoms with van der Waals surface area (Å²) in [6.45, 7) is 7.94. The molecule has 0 unspecified atom stereocenters. The lowest BCUT2D eigenvalue weighted by Crippen LogP contribution is -2.42. The number of benzene rings is 1. The fraction of sp³-hybridized carbons (Fsp3) is 0.538. The maximum Gasteiger partial charge on any atom is 0.0328 e. The second kappa shape index (κ2) is 5.21. The normalized spacial score (nSPS) is 20.4. The zero-order valence-corrected chi connectivity index (χ0v) is 12.8. The number of nitrogen functional groups attached to an aromatic ring is 1. The van der Waals surface area contributed by atoms with Crippen LogP contribution in [0.25, 0.3) is 0 Å². The van der Waals surface area contributed by atoms with Gasteiger partial charge in [-0.1, -0.05) is 15.9 Å². The lowest BCUT2D eigenvalue weighted by Gasteiger charge is -2.37. The summed E-state index contributed by atoms with van der Waals surface area (Å²) in [5, 5.41) is 0. The second-order valence-corrected chi connectivity index (χ2v) is 7.93. The highest BCUT2D eigenvalue weighted by Gasteiger charge is 2.26. The van der Waals surface area contributed by atoms with E-state index < -0.39 is 0 Å². The smallest absolute Gasteiger partial charge is 0.0328 e. The fourth-order valence-electron chi connectivity index (χ4n) is 2.27. The summed E-state index contributed by atoms with van der Waals surface area (Å²) in [6.07, 6.45) is 0. The Hall–Kier alpha value is -0.190. The number of hydrogen-bond donors (Lipinski definition) is 1. The molecule has 1 aliphatic rings. The first kappa shape index (κ1) is 13.2. The Morgan fingerprint density at radius 3 is 2.82 bits per heavy atom. The molecule has 0 amide bonds. The number of anilines is 1. The molecule has 0 spiro atoms. The van der Waals surface area contributed by atoms with Gasteiger partial charge in [-0.05, 0) is 37.6 Å². The molecule has 0 aliphatic carbocycles. The first-order chi connectivity index (χ1) is 7.94. The molecular formula is C13H19BrN2S. The molecule has 1 aromatic rings. The van der Waals surface area contributed by atoms with Crippen LogP contribution in [0.2, 0.25) is 0 Å². The molecule has 17 heavy (non-hydrogen) atoms. The monoisotopic (exact) mass is 314 g/mol. The van der Waals surface area contributed by atoms with Gasteiger partial charge in [0.2, 0.25) is 0 Å². The Balaban J connectivity index is 2.05. The lowest BCUT2D eigenvalue weighted by atomic mass is 10.1. The van der Waals surface area contributed by atoms with Gasteiger partial charge in [-0.2, -0.15) is 11.8 Å². The Labute approximate surface area is 116 Å². The Bertz CT molecular complexity index is 386. The van der Waals surface area contributed by atoms with Crippen LogP contribution in [-0.4, -0.2) is 28.5 Å². The van der Waals surface area contributed by atoms with Gasteiger partial charge < -0.3 is 5.73 Å². The zero-order valence-electron chi connectivity index (χ0n) is 10.4. The molecule has 4 heteroatoms. The van der Waals surface area contributed by atoms with Crippen LogP contribution in [0.15, 0.2) is 22.7 Å². The topological polar surface area (TPSA) is 29.3 Å². The van der Waals surface area contributed by atoms with Crippen LogP contribution in [-0.2, 0) is 6.54 Å². The van der Waals surface area contributed by atoms with Crippen molar-refractivity contribution in [3.05, 3.63) is 28.2 Å². The number of nitrogens with two attached hydrogens (primary N) is 1. The second-order valence-electron chi connectivity index (χ2n) is 5.21. The maximum absolute atomic E-state index is 5.87. The first-order valence-electron chi connectivity index (χ1n) is 5.86.